The van der Waals surface area contributed by atoms with Crippen molar-refractivity contribution in [3.63, 3.8) is 0 Å². The predicted molar refractivity (Wildman–Crippen MR) is 72.0 cm³/mol. The first kappa shape index (κ1) is 16.1. The maximum Gasteiger partial charge on any atom is 0.341 e. The molecular weight excluding hydrogens is 263 g/mol. The highest BCUT2D eigenvalue weighted by Gasteiger charge is 2.17. The molecule has 1 atom stereocenters. The highest BCUT2D eigenvalue weighted by molar-refractivity contribution is 5.90. The molecule has 1 rings (SSSR count). The van der Waals surface area contributed by atoms with Gasteiger partial charge in [0.2, 0.25) is 0 Å². The minimum atomic E-state index is -0.773. The van der Waals surface area contributed by atoms with Crippen molar-refractivity contribution in [2.45, 2.75) is 40.2 Å². The molecular formula is C15H19FO4. The average molecular weight is 282 g/mol. The number of hydrogen-bond acceptors (Lipinski definition) is 4. The third-order valence-corrected chi connectivity index (χ3v) is 2.53. The van der Waals surface area contributed by atoms with Gasteiger partial charge in [0, 0.05) is 13.0 Å². The van der Waals surface area contributed by atoms with Gasteiger partial charge in [-0.2, -0.15) is 0 Å². The minimum absolute atomic E-state index is 0.0572. The van der Waals surface area contributed by atoms with E-state index in [2.05, 4.69) is 0 Å². The SMILES string of the molecule is CC(=O)Oc1ccc(C(=O)OC(C)CC(C)C)c(F)c1. The number of esters is 2. The van der Waals surface area contributed by atoms with Crippen molar-refractivity contribution in [3.05, 3.63) is 29.6 Å². The van der Waals surface area contributed by atoms with E-state index in [-0.39, 0.29) is 17.4 Å². The summed E-state index contributed by atoms with van der Waals surface area (Å²) in [4.78, 5) is 22.6. The van der Waals surface area contributed by atoms with Gasteiger partial charge in [-0.3, -0.25) is 4.79 Å². The molecule has 0 saturated heterocycles. The number of hydrogen-bond donors (Lipinski definition) is 0. The van der Waals surface area contributed by atoms with E-state index in [0.717, 1.165) is 6.07 Å². The fourth-order valence-corrected chi connectivity index (χ4v) is 1.85. The molecule has 1 aromatic carbocycles. The lowest BCUT2D eigenvalue weighted by Crippen LogP contribution is -2.18. The minimum Gasteiger partial charge on any atom is -0.459 e. The molecule has 0 aliphatic carbocycles. The quantitative estimate of drug-likeness (QED) is 0.614. The molecule has 0 spiro atoms. The van der Waals surface area contributed by atoms with Gasteiger partial charge in [-0.25, -0.2) is 9.18 Å². The number of rotatable bonds is 5. The van der Waals surface area contributed by atoms with Gasteiger partial charge in [-0.05, 0) is 31.4 Å². The summed E-state index contributed by atoms with van der Waals surface area (Å²) in [7, 11) is 0. The van der Waals surface area contributed by atoms with Crippen molar-refractivity contribution in [1.29, 1.82) is 0 Å². The average Bonchev–Trinajstić information content (AvgIpc) is 2.26. The molecule has 0 bridgehead atoms. The van der Waals surface area contributed by atoms with Crippen LogP contribution in [0.1, 0.15) is 44.5 Å². The molecule has 0 amide bonds. The lowest BCUT2D eigenvalue weighted by molar-refractivity contribution is -0.131. The zero-order chi connectivity index (χ0) is 15.3. The van der Waals surface area contributed by atoms with Crippen LogP contribution in [0.3, 0.4) is 0 Å². The molecule has 1 aromatic rings. The van der Waals surface area contributed by atoms with Crippen molar-refractivity contribution >= 4 is 11.9 Å². The van der Waals surface area contributed by atoms with E-state index in [4.69, 9.17) is 9.47 Å². The van der Waals surface area contributed by atoms with Gasteiger partial charge in [0.25, 0.3) is 0 Å². The first-order valence-corrected chi connectivity index (χ1v) is 6.48. The molecule has 0 aliphatic rings. The lowest BCUT2D eigenvalue weighted by atomic mass is 10.1. The Labute approximate surface area is 117 Å². The van der Waals surface area contributed by atoms with E-state index < -0.39 is 17.8 Å². The van der Waals surface area contributed by atoms with Crippen LogP contribution in [0.2, 0.25) is 0 Å². The van der Waals surface area contributed by atoms with Gasteiger partial charge in [0.05, 0.1) is 11.7 Å². The van der Waals surface area contributed by atoms with Crippen molar-refractivity contribution in [2.24, 2.45) is 5.92 Å². The number of ether oxygens (including phenoxy) is 2. The summed E-state index contributed by atoms with van der Waals surface area (Å²) in [5.74, 6) is -1.60. The summed E-state index contributed by atoms with van der Waals surface area (Å²) in [6.07, 6.45) is 0.425. The van der Waals surface area contributed by atoms with Crippen LogP contribution in [-0.2, 0) is 9.53 Å². The van der Waals surface area contributed by atoms with Crippen molar-refractivity contribution in [1.82, 2.24) is 0 Å². The summed E-state index contributed by atoms with van der Waals surface area (Å²) in [5.41, 5.74) is -0.170. The van der Waals surface area contributed by atoms with Gasteiger partial charge in [0.1, 0.15) is 11.6 Å². The Hall–Kier alpha value is -1.91. The standard InChI is InChI=1S/C15H19FO4/c1-9(2)7-10(3)19-15(18)13-6-5-12(8-14(13)16)20-11(4)17/h5-6,8-10H,7H2,1-4H3. The number of halogens is 1. The van der Waals surface area contributed by atoms with Gasteiger partial charge in [-0.15, -0.1) is 0 Å². The van der Waals surface area contributed by atoms with E-state index >= 15 is 0 Å². The Balaban J connectivity index is 2.76. The predicted octanol–water partition coefficient (Wildman–Crippen LogP) is 3.34. The molecule has 0 fully saturated rings. The Kier molecular flexibility index (Phi) is 5.67. The molecule has 0 N–H and O–H groups in total. The van der Waals surface area contributed by atoms with Crippen LogP contribution in [0.15, 0.2) is 18.2 Å². The molecule has 4 nitrogen and oxygen atoms in total. The van der Waals surface area contributed by atoms with Gasteiger partial charge >= 0.3 is 11.9 Å². The second-order valence-corrected chi connectivity index (χ2v) is 5.08. The maximum atomic E-state index is 13.8. The molecule has 0 radical (unpaired) electrons. The second kappa shape index (κ2) is 7.03. The van der Waals surface area contributed by atoms with Crippen molar-refractivity contribution in [3.8, 4) is 5.75 Å². The van der Waals surface area contributed by atoms with E-state index in [9.17, 15) is 14.0 Å². The van der Waals surface area contributed by atoms with E-state index in [1.807, 2.05) is 13.8 Å². The van der Waals surface area contributed by atoms with Gasteiger partial charge in [0.15, 0.2) is 0 Å². The largest absolute Gasteiger partial charge is 0.459 e. The number of carbonyl (C=O) groups excluding carboxylic acids is 2. The molecule has 1 unspecified atom stereocenters. The van der Waals surface area contributed by atoms with Crippen LogP contribution >= 0.6 is 0 Å². The summed E-state index contributed by atoms with van der Waals surface area (Å²) >= 11 is 0. The topological polar surface area (TPSA) is 52.6 Å². The zero-order valence-corrected chi connectivity index (χ0v) is 12.1. The van der Waals surface area contributed by atoms with Crippen LogP contribution in [-0.4, -0.2) is 18.0 Å². The van der Waals surface area contributed by atoms with Gasteiger partial charge in [-0.1, -0.05) is 13.8 Å². The summed E-state index contributed by atoms with van der Waals surface area (Å²) < 4.78 is 23.7. The summed E-state index contributed by atoms with van der Waals surface area (Å²) in [5, 5.41) is 0. The zero-order valence-electron chi connectivity index (χ0n) is 12.1. The Morgan fingerprint density at radius 1 is 1.25 bits per heavy atom. The third-order valence-electron chi connectivity index (χ3n) is 2.53. The van der Waals surface area contributed by atoms with Gasteiger partial charge < -0.3 is 9.47 Å². The van der Waals surface area contributed by atoms with Crippen LogP contribution in [0.5, 0.6) is 5.75 Å². The molecule has 110 valence electrons. The molecule has 0 aromatic heterocycles. The van der Waals surface area contributed by atoms with Crippen molar-refractivity contribution in [2.75, 3.05) is 0 Å². The fraction of sp³-hybridized carbons (Fsp3) is 0.467. The van der Waals surface area contributed by atoms with E-state index in [1.165, 1.54) is 19.1 Å². The normalized spacial score (nSPS) is 12.1. The first-order valence-electron chi connectivity index (χ1n) is 6.48. The lowest BCUT2D eigenvalue weighted by Gasteiger charge is -2.15. The van der Waals surface area contributed by atoms with E-state index in [1.54, 1.807) is 6.92 Å². The molecule has 0 heterocycles. The molecule has 5 heteroatoms. The second-order valence-electron chi connectivity index (χ2n) is 5.08. The van der Waals surface area contributed by atoms with Crippen LogP contribution < -0.4 is 4.74 Å². The van der Waals surface area contributed by atoms with Crippen LogP contribution in [0, 0.1) is 11.7 Å². The van der Waals surface area contributed by atoms with Crippen molar-refractivity contribution < 1.29 is 23.5 Å². The van der Waals surface area contributed by atoms with Crippen LogP contribution in [0.25, 0.3) is 0 Å². The Bertz CT molecular complexity index is 497. The Morgan fingerprint density at radius 2 is 1.90 bits per heavy atom. The Morgan fingerprint density at radius 3 is 2.40 bits per heavy atom. The highest BCUT2D eigenvalue weighted by Crippen LogP contribution is 2.19. The molecule has 0 saturated carbocycles. The summed E-state index contributed by atoms with van der Waals surface area (Å²) in [6, 6.07) is 3.59. The molecule has 0 aliphatic heterocycles. The van der Waals surface area contributed by atoms with Crippen LogP contribution in [0.4, 0.5) is 4.39 Å². The smallest absolute Gasteiger partial charge is 0.341 e. The number of benzene rings is 1. The maximum absolute atomic E-state index is 13.8. The highest BCUT2D eigenvalue weighted by atomic mass is 19.1. The first-order chi connectivity index (χ1) is 9.29. The molecule has 20 heavy (non-hydrogen) atoms. The monoisotopic (exact) mass is 282 g/mol. The van der Waals surface area contributed by atoms with E-state index in [0.29, 0.717) is 12.3 Å². The fourth-order valence-electron chi connectivity index (χ4n) is 1.85. The summed E-state index contributed by atoms with van der Waals surface area (Å²) in [6.45, 7) is 7.01. The third kappa shape index (κ3) is 4.99. The number of carbonyl (C=O) groups is 2.